The van der Waals surface area contributed by atoms with Crippen LogP contribution >= 0.6 is 22.6 Å². The molecule has 0 aliphatic rings. The van der Waals surface area contributed by atoms with Crippen LogP contribution in [0.1, 0.15) is 30.2 Å². The molecule has 1 unspecified atom stereocenters. The van der Waals surface area contributed by atoms with E-state index in [-0.39, 0.29) is 17.5 Å². The minimum atomic E-state index is -1.76. The van der Waals surface area contributed by atoms with Crippen molar-refractivity contribution in [2.75, 3.05) is 13.7 Å². The number of nitrogens with zero attached hydrogens (tertiary/aromatic N) is 1. The number of ether oxygens (including phenoxy) is 1. The van der Waals surface area contributed by atoms with Crippen molar-refractivity contribution in [3.05, 3.63) is 37.7 Å². The van der Waals surface area contributed by atoms with Crippen LogP contribution in [0.25, 0.3) is 10.9 Å². The lowest BCUT2D eigenvalue weighted by molar-refractivity contribution is 0.0694. The number of carboxylic acids is 1. The van der Waals surface area contributed by atoms with Gasteiger partial charge in [-0.3, -0.25) is 4.79 Å². The largest absolute Gasteiger partial charge is 0.496 e. The van der Waals surface area contributed by atoms with Gasteiger partial charge in [0, 0.05) is 17.6 Å². The summed E-state index contributed by atoms with van der Waals surface area (Å²) < 4.78 is 14.2. The summed E-state index contributed by atoms with van der Waals surface area (Å²) in [7, 11) is -0.182. The molecule has 1 atom stereocenters. The van der Waals surface area contributed by atoms with Crippen molar-refractivity contribution in [1.29, 1.82) is 0 Å². The van der Waals surface area contributed by atoms with Crippen molar-refractivity contribution in [2.45, 2.75) is 39.5 Å². The molecule has 2 aromatic rings. The van der Waals surface area contributed by atoms with Crippen LogP contribution < -0.4 is 10.2 Å². The van der Waals surface area contributed by atoms with Crippen LogP contribution in [0.15, 0.2) is 23.1 Å². The lowest BCUT2D eigenvalue weighted by Gasteiger charge is -2.29. The Balaban J connectivity index is 2.80. The lowest BCUT2D eigenvalue weighted by Crippen LogP contribution is -2.32. The van der Waals surface area contributed by atoms with Crippen LogP contribution in [0.4, 0.5) is 0 Å². The third-order valence-corrected chi connectivity index (χ3v) is 6.23. The van der Waals surface area contributed by atoms with Gasteiger partial charge in [-0.15, -0.1) is 0 Å². The molecule has 6 nitrogen and oxygen atoms in total. The van der Waals surface area contributed by atoms with Gasteiger partial charge in [0.25, 0.3) is 0 Å². The maximum atomic E-state index is 12.7. The highest BCUT2D eigenvalue weighted by atomic mass is 127. The van der Waals surface area contributed by atoms with Crippen LogP contribution in [0.5, 0.6) is 5.75 Å². The Morgan fingerprint density at radius 2 is 1.93 bits per heavy atom. The molecule has 1 aromatic heterocycles. The van der Waals surface area contributed by atoms with E-state index in [0.717, 1.165) is 3.57 Å². The molecule has 148 valence electrons. The number of hydrogen-bond donors (Lipinski definition) is 1. The number of halogens is 1. The first-order chi connectivity index (χ1) is 12.5. The number of aromatic carboxylic acids is 1. The summed E-state index contributed by atoms with van der Waals surface area (Å²) in [5.41, 5.74) is -0.0646. The molecular weight excluding hydrogens is 477 g/mol. The summed E-state index contributed by atoms with van der Waals surface area (Å²) in [6.07, 6.45) is 1.44. The number of hydrogen-bond acceptors (Lipinski definition) is 4. The minimum absolute atomic E-state index is 0.109. The van der Waals surface area contributed by atoms with Crippen molar-refractivity contribution in [3.8, 4) is 5.75 Å². The summed E-state index contributed by atoms with van der Waals surface area (Å²) in [5, 5.41) is 9.91. The molecule has 0 amide bonds. The van der Waals surface area contributed by atoms with E-state index in [1.165, 1.54) is 6.20 Å². The molecule has 0 fully saturated rings. The van der Waals surface area contributed by atoms with E-state index >= 15 is 0 Å². The Labute approximate surface area is 173 Å². The maximum absolute atomic E-state index is 12.7. The van der Waals surface area contributed by atoms with Gasteiger partial charge >= 0.3 is 5.97 Å². The van der Waals surface area contributed by atoms with E-state index < -0.39 is 19.7 Å². The predicted octanol–water partition coefficient (Wildman–Crippen LogP) is 4.36. The van der Waals surface area contributed by atoms with Crippen LogP contribution in [0, 0.1) is 9.49 Å². The first kappa shape index (κ1) is 21.9. The zero-order chi connectivity index (χ0) is 20.5. The molecule has 1 aromatic carbocycles. The second-order valence-electron chi connectivity index (χ2n) is 7.82. The third-order valence-electron chi connectivity index (χ3n) is 4.35. The number of fused-ring (bicyclic) bond motifs is 1. The molecule has 0 spiro atoms. The number of carboxylic acid groups (broad SMARTS) is 1. The molecule has 8 heteroatoms. The molecule has 0 bridgehead atoms. The molecule has 2 rings (SSSR count). The fourth-order valence-electron chi connectivity index (χ4n) is 2.86. The number of carbonyl (C=O) groups is 1. The van der Waals surface area contributed by atoms with E-state index in [9.17, 15) is 14.7 Å². The van der Waals surface area contributed by atoms with E-state index in [1.807, 2.05) is 4.57 Å². The van der Waals surface area contributed by atoms with Crippen molar-refractivity contribution in [2.24, 2.45) is 5.92 Å². The molecule has 0 aliphatic carbocycles. The SMILES string of the molecule is COc1cc2c(cc1I)c(=O)c(C(=O)O)cn2C(CO[Si](C)(C)C)C(C)C. The average molecular weight is 503 g/mol. The molecule has 0 radical (unpaired) electrons. The monoisotopic (exact) mass is 503 g/mol. The second kappa shape index (κ2) is 8.32. The number of rotatable bonds is 7. The summed E-state index contributed by atoms with van der Waals surface area (Å²) in [6, 6.07) is 3.38. The Hall–Kier alpha value is -1.39. The number of pyridine rings is 1. The van der Waals surface area contributed by atoms with Crippen molar-refractivity contribution < 1.29 is 19.1 Å². The van der Waals surface area contributed by atoms with Gasteiger partial charge in [0.15, 0.2) is 8.32 Å². The fraction of sp³-hybridized carbons (Fsp3) is 0.474. The Morgan fingerprint density at radius 3 is 2.41 bits per heavy atom. The van der Waals surface area contributed by atoms with Gasteiger partial charge in [-0.05, 0) is 54.2 Å². The highest BCUT2D eigenvalue weighted by Crippen LogP contribution is 2.30. The Kier molecular flexibility index (Phi) is 6.75. The first-order valence-corrected chi connectivity index (χ1v) is 13.2. The number of methoxy groups -OCH3 is 1. The summed E-state index contributed by atoms with van der Waals surface area (Å²) in [6.45, 7) is 10.9. The van der Waals surface area contributed by atoms with Gasteiger partial charge in [0.2, 0.25) is 5.43 Å². The normalized spacial score (nSPS) is 13.2. The van der Waals surface area contributed by atoms with Gasteiger partial charge in [-0.1, -0.05) is 13.8 Å². The molecule has 27 heavy (non-hydrogen) atoms. The zero-order valence-electron chi connectivity index (χ0n) is 16.5. The minimum Gasteiger partial charge on any atom is -0.496 e. The Morgan fingerprint density at radius 1 is 1.30 bits per heavy atom. The van der Waals surface area contributed by atoms with E-state index in [0.29, 0.717) is 23.3 Å². The summed E-state index contributed by atoms with van der Waals surface area (Å²) in [5.74, 6) is -0.401. The third kappa shape index (κ3) is 4.91. The van der Waals surface area contributed by atoms with Crippen LogP contribution in [-0.2, 0) is 4.43 Å². The summed E-state index contributed by atoms with van der Waals surface area (Å²) in [4.78, 5) is 24.4. The van der Waals surface area contributed by atoms with Crippen LogP contribution in [0.2, 0.25) is 19.6 Å². The fourth-order valence-corrected chi connectivity index (χ4v) is 4.22. The van der Waals surface area contributed by atoms with Gasteiger partial charge in [-0.25, -0.2) is 4.79 Å². The molecule has 1 heterocycles. The maximum Gasteiger partial charge on any atom is 0.341 e. The van der Waals surface area contributed by atoms with Gasteiger partial charge in [0.05, 0.1) is 28.8 Å². The van der Waals surface area contributed by atoms with Crippen LogP contribution in [-0.4, -0.2) is 37.7 Å². The van der Waals surface area contributed by atoms with Crippen molar-refractivity contribution >= 4 is 47.8 Å². The number of benzene rings is 1. The molecular formula is C19H26INO5Si. The zero-order valence-corrected chi connectivity index (χ0v) is 19.7. The van der Waals surface area contributed by atoms with E-state index in [2.05, 4.69) is 56.1 Å². The van der Waals surface area contributed by atoms with E-state index in [1.54, 1.807) is 19.2 Å². The molecule has 0 aliphatic heterocycles. The van der Waals surface area contributed by atoms with Crippen molar-refractivity contribution in [1.82, 2.24) is 4.57 Å². The average Bonchev–Trinajstić information content (AvgIpc) is 2.55. The summed E-state index contributed by atoms with van der Waals surface area (Å²) >= 11 is 2.08. The number of aromatic nitrogens is 1. The van der Waals surface area contributed by atoms with E-state index in [4.69, 9.17) is 9.16 Å². The highest BCUT2D eigenvalue weighted by Gasteiger charge is 2.25. The van der Waals surface area contributed by atoms with Gasteiger partial charge < -0.3 is 18.8 Å². The topological polar surface area (TPSA) is 77.8 Å². The highest BCUT2D eigenvalue weighted by molar-refractivity contribution is 14.1. The smallest absolute Gasteiger partial charge is 0.341 e. The van der Waals surface area contributed by atoms with Gasteiger partial charge in [0.1, 0.15) is 11.3 Å². The first-order valence-electron chi connectivity index (χ1n) is 8.76. The molecule has 0 saturated carbocycles. The van der Waals surface area contributed by atoms with Crippen LogP contribution in [0.3, 0.4) is 0 Å². The second-order valence-corrected chi connectivity index (χ2v) is 13.5. The quantitative estimate of drug-likeness (QED) is 0.449. The predicted molar refractivity (Wildman–Crippen MR) is 118 cm³/mol. The van der Waals surface area contributed by atoms with Gasteiger partial charge in [-0.2, -0.15) is 0 Å². The Bertz CT molecular complexity index is 917. The molecule has 0 saturated heterocycles. The lowest BCUT2D eigenvalue weighted by atomic mass is 10.0. The standard InChI is InChI=1S/C19H26INO5Si/c1-11(2)16(10-26-27(4,5)6)21-9-13(19(23)24)18(22)12-7-14(20)17(25-3)8-15(12)21/h7-9,11,16H,10H2,1-6H3,(H,23,24). The van der Waals surface area contributed by atoms with Crippen molar-refractivity contribution in [3.63, 3.8) is 0 Å². The molecule has 1 N–H and O–H groups in total.